The molecule has 1 fully saturated rings. The molecule has 1 heterocycles. The number of ether oxygens (including phenoxy) is 1. The fraction of sp³-hybridized carbons (Fsp3) is 0.500. The summed E-state index contributed by atoms with van der Waals surface area (Å²) in [6, 6.07) is 5.64. The van der Waals surface area contributed by atoms with Crippen molar-refractivity contribution in [1.29, 1.82) is 0 Å². The van der Waals surface area contributed by atoms with Crippen molar-refractivity contribution >= 4 is 5.91 Å². The lowest BCUT2D eigenvalue weighted by Crippen LogP contribution is -2.29. The van der Waals surface area contributed by atoms with Gasteiger partial charge in [0.2, 0.25) is 0 Å². The summed E-state index contributed by atoms with van der Waals surface area (Å²) in [4.78, 5) is 13.5. The topological polar surface area (TPSA) is 49.8 Å². The number of rotatable bonds is 3. The largest absolute Gasteiger partial charge is 0.480 e. The molecule has 1 aromatic rings. The highest BCUT2D eigenvalue weighted by atomic mass is 16.5. The van der Waals surface area contributed by atoms with Gasteiger partial charge >= 0.3 is 0 Å². The first-order valence-electron chi connectivity index (χ1n) is 6.19. The lowest BCUT2D eigenvalue weighted by molar-refractivity contribution is -0.132. The predicted molar refractivity (Wildman–Crippen MR) is 68.5 cm³/mol. The number of hydrogen-bond acceptors (Lipinski definition) is 3. The van der Waals surface area contributed by atoms with Crippen molar-refractivity contribution in [3.05, 3.63) is 29.3 Å². The van der Waals surface area contributed by atoms with E-state index in [2.05, 4.69) is 0 Å². The number of carbonyl (C=O) groups is 1. The molecule has 1 aliphatic rings. The Labute approximate surface area is 107 Å². The van der Waals surface area contributed by atoms with Crippen LogP contribution in [-0.2, 0) is 4.79 Å². The average Bonchev–Trinajstić information content (AvgIpc) is 2.61. The highest BCUT2D eigenvalue weighted by Gasteiger charge is 2.31. The van der Waals surface area contributed by atoms with E-state index in [9.17, 15) is 9.90 Å². The third-order valence-electron chi connectivity index (χ3n) is 3.27. The molecule has 0 aliphatic carbocycles. The lowest BCUT2D eigenvalue weighted by atomic mass is 10.1. The maximum absolute atomic E-state index is 11.8. The zero-order valence-electron chi connectivity index (χ0n) is 11.0. The van der Waals surface area contributed by atoms with Gasteiger partial charge in [0, 0.05) is 25.6 Å². The second-order valence-corrected chi connectivity index (χ2v) is 4.87. The van der Waals surface area contributed by atoms with Gasteiger partial charge in [-0.25, -0.2) is 0 Å². The Morgan fingerprint density at radius 2 is 2.22 bits per heavy atom. The van der Waals surface area contributed by atoms with Crippen molar-refractivity contribution in [2.45, 2.75) is 32.5 Å². The lowest BCUT2D eigenvalue weighted by Gasteiger charge is -2.18. The molecule has 1 N–H and O–H groups in total. The maximum atomic E-state index is 11.8. The summed E-state index contributed by atoms with van der Waals surface area (Å²) in [5, 5.41) is 9.71. The Balaban J connectivity index is 2.23. The zero-order chi connectivity index (χ0) is 13.3. The number of benzene rings is 1. The van der Waals surface area contributed by atoms with Crippen molar-refractivity contribution in [1.82, 2.24) is 4.90 Å². The van der Waals surface area contributed by atoms with Crippen LogP contribution in [0.5, 0.6) is 5.75 Å². The molecule has 2 rings (SSSR count). The van der Waals surface area contributed by atoms with Crippen LogP contribution in [0.15, 0.2) is 18.2 Å². The number of aliphatic hydroxyl groups is 1. The molecule has 0 spiro atoms. The van der Waals surface area contributed by atoms with E-state index >= 15 is 0 Å². The molecule has 1 aliphatic heterocycles. The molecule has 1 saturated heterocycles. The predicted octanol–water partition coefficient (Wildman–Crippen LogP) is 1.66. The minimum absolute atomic E-state index is 0.00745. The first-order valence-corrected chi connectivity index (χ1v) is 6.19. The van der Waals surface area contributed by atoms with E-state index in [1.807, 2.05) is 25.1 Å². The van der Waals surface area contributed by atoms with Crippen LogP contribution in [0.4, 0.5) is 0 Å². The first kappa shape index (κ1) is 12.9. The van der Waals surface area contributed by atoms with Crippen LogP contribution in [0.1, 0.15) is 30.6 Å². The van der Waals surface area contributed by atoms with E-state index in [1.54, 1.807) is 18.9 Å². The van der Waals surface area contributed by atoms with Crippen LogP contribution in [0.25, 0.3) is 0 Å². The van der Waals surface area contributed by atoms with E-state index < -0.39 is 12.2 Å². The minimum atomic E-state index is -0.602. The summed E-state index contributed by atoms with van der Waals surface area (Å²) in [6.45, 7) is 4.38. The number of amides is 1. The van der Waals surface area contributed by atoms with Crippen LogP contribution < -0.4 is 4.74 Å². The van der Waals surface area contributed by atoms with Crippen LogP contribution in [0.3, 0.4) is 0 Å². The van der Waals surface area contributed by atoms with Crippen LogP contribution in [-0.4, -0.2) is 35.6 Å². The average molecular weight is 249 g/mol. The van der Waals surface area contributed by atoms with Gasteiger partial charge in [0.15, 0.2) is 6.10 Å². The van der Waals surface area contributed by atoms with Gasteiger partial charge in [0.05, 0.1) is 6.10 Å². The van der Waals surface area contributed by atoms with Crippen LogP contribution in [0.2, 0.25) is 0 Å². The smallest absolute Gasteiger partial charge is 0.263 e. The fourth-order valence-corrected chi connectivity index (χ4v) is 2.14. The molecule has 18 heavy (non-hydrogen) atoms. The first-order chi connectivity index (χ1) is 8.49. The van der Waals surface area contributed by atoms with Crippen molar-refractivity contribution in [3.63, 3.8) is 0 Å². The molecule has 0 aromatic heterocycles. The molecule has 0 bridgehead atoms. The van der Waals surface area contributed by atoms with Gasteiger partial charge < -0.3 is 14.7 Å². The quantitative estimate of drug-likeness (QED) is 0.886. The molecule has 1 amide bonds. The molecule has 2 atom stereocenters. The van der Waals surface area contributed by atoms with Gasteiger partial charge in [-0.1, -0.05) is 12.1 Å². The Bertz CT molecular complexity index is 456. The van der Waals surface area contributed by atoms with Crippen LogP contribution in [0, 0.1) is 6.92 Å². The zero-order valence-corrected chi connectivity index (χ0v) is 11.0. The van der Waals surface area contributed by atoms with Crippen LogP contribution >= 0.6 is 0 Å². The molecule has 0 radical (unpaired) electrons. The Morgan fingerprint density at radius 1 is 1.50 bits per heavy atom. The van der Waals surface area contributed by atoms with E-state index in [0.717, 1.165) is 17.7 Å². The normalized spacial score (nSPS) is 21.2. The second-order valence-electron chi connectivity index (χ2n) is 4.87. The number of aryl methyl sites for hydroxylation is 1. The number of aliphatic hydroxyl groups excluding tert-OH is 1. The standard InChI is InChI=1S/C14H19NO3/c1-9-4-5-11(10(2)16)13(8-9)18-12-6-7-15(3)14(12)17/h4-5,8,10,12,16H,6-7H2,1-3H3/t10-,12?/m1/s1. The number of carbonyl (C=O) groups excluding carboxylic acids is 1. The molecule has 1 aromatic carbocycles. The third-order valence-corrected chi connectivity index (χ3v) is 3.27. The van der Waals surface area contributed by atoms with Gasteiger partial charge in [-0.05, 0) is 25.5 Å². The summed E-state index contributed by atoms with van der Waals surface area (Å²) in [5.74, 6) is 0.617. The summed E-state index contributed by atoms with van der Waals surface area (Å²) >= 11 is 0. The fourth-order valence-electron chi connectivity index (χ4n) is 2.14. The number of likely N-dealkylation sites (tertiary alicyclic amines) is 1. The van der Waals surface area contributed by atoms with Gasteiger partial charge in [-0.2, -0.15) is 0 Å². The van der Waals surface area contributed by atoms with E-state index in [0.29, 0.717) is 12.2 Å². The maximum Gasteiger partial charge on any atom is 0.263 e. The molecule has 1 unspecified atom stereocenters. The Hall–Kier alpha value is -1.55. The number of nitrogens with zero attached hydrogens (tertiary/aromatic N) is 1. The molecular formula is C14H19NO3. The van der Waals surface area contributed by atoms with E-state index in [1.165, 1.54) is 0 Å². The molecule has 4 nitrogen and oxygen atoms in total. The summed E-state index contributed by atoms with van der Waals surface area (Å²) < 4.78 is 5.78. The molecule has 0 saturated carbocycles. The third kappa shape index (κ3) is 2.48. The van der Waals surface area contributed by atoms with Crippen molar-refractivity contribution in [2.75, 3.05) is 13.6 Å². The Kier molecular flexibility index (Phi) is 3.57. The van der Waals surface area contributed by atoms with Crippen molar-refractivity contribution in [2.24, 2.45) is 0 Å². The minimum Gasteiger partial charge on any atom is -0.480 e. The van der Waals surface area contributed by atoms with Gasteiger partial charge in [-0.3, -0.25) is 4.79 Å². The van der Waals surface area contributed by atoms with E-state index in [-0.39, 0.29) is 5.91 Å². The van der Waals surface area contributed by atoms with Gasteiger partial charge in [0.1, 0.15) is 5.75 Å². The second kappa shape index (κ2) is 4.98. The van der Waals surface area contributed by atoms with Gasteiger partial charge in [-0.15, -0.1) is 0 Å². The Morgan fingerprint density at radius 3 is 2.78 bits per heavy atom. The van der Waals surface area contributed by atoms with Crippen molar-refractivity contribution < 1.29 is 14.6 Å². The molecular weight excluding hydrogens is 230 g/mol. The molecule has 98 valence electrons. The number of hydrogen-bond donors (Lipinski definition) is 1. The summed E-state index contributed by atoms with van der Waals surface area (Å²) in [6.07, 6.45) is -0.327. The summed E-state index contributed by atoms with van der Waals surface area (Å²) in [5.41, 5.74) is 1.77. The monoisotopic (exact) mass is 249 g/mol. The highest BCUT2D eigenvalue weighted by molar-refractivity contribution is 5.83. The summed E-state index contributed by atoms with van der Waals surface area (Å²) in [7, 11) is 1.78. The SMILES string of the molecule is Cc1ccc([C@@H](C)O)c(OC2CCN(C)C2=O)c1. The highest BCUT2D eigenvalue weighted by Crippen LogP contribution is 2.28. The molecule has 4 heteroatoms. The van der Waals surface area contributed by atoms with E-state index in [4.69, 9.17) is 4.74 Å². The number of likely N-dealkylation sites (N-methyl/N-ethyl adjacent to an activating group) is 1. The van der Waals surface area contributed by atoms with Gasteiger partial charge in [0.25, 0.3) is 5.91 Å². The van der Waals surface area contributed by atoms with Crippen molar-refractivity contribution in [3.8, 4) is 5.75 Å².